The van der Waals surface area contributed by atoms with E-state index in [0.29, 0.717) is 32.1 Å². The third kappa shape index (κ3) is 4.55. The molecular weight excluding hydrogens is 475 g/mol. The largest absolute Gasteiger partial charge is 0.473 e. The molecule has 0 bridgehead atoms. The molecule has 7 nitrogen and oxygen atoms in total. The van der Waals surface area contributed by atoms with Gasteiger partial charge in [0, 0.05) is 12.6 Å². The maximum Gasteiger partial charge on any atom is 0.417 e. The first-order valence-corrected chi connectivity index (χ1v) is 10.9. The maximum absolute atomic E-state index is 13.0. The average Bonchev–Trinajstić information content (AvgIpc) is 3.19. The summed E-state index contributed by atoms with van der Waals surface area (Å²) in [5.41, 5.74) is -0.559. The molecular formula is C23H19ClF3N3O4. The number of hydrogen-bond donors (Lipinski definition) is 0. The van der Waals surface area contributed by atoms with E-state index in [4.69, 9.17) is 25.8 Å². The smallest absolute Gasteiger partial charge is 0.417 e. The molecule has 0 aliphatic carbocycles. The Bertz CT molecular complexity index is 1260. The second-order valence-corrected chi connectivity index (χ2v) is 8.35. The lowest BCUT2D eigenvalue weighted by Gasteiger charge is -2.30. The number of benzene rings is 2. The minimum Gasteiger partial charge on any atom is -0.473 e. The van der Waals surface area contributed by atoms with Crippen molar-refractivity contribution in [2.45, 2.75) is 25.4 Å². The molecule has 2 aliphatic rings. The van der Waals surface area contributed by atoms with Crippen LogP contribution in [0.5, 0.6) is 17.4 Å². The molecule has 1 saturated heterocycles. The van der Waals surface area contributed by atoms with Crippen molar-refractivity contribution in [1.82, 2.24) is 9.55 Å². The lowest BCUT2D eigenvalue weighted by atomic mass is 10.2. The van der Waals surface area contributed by atoms with E-state index < -0.39 is 16.8 Å². The molecule has 3 aromatic rings. The van der Waals surface area contributed by atoms with Crippen LogP contribution in [0.4, 0.5) is 19.0 Å². The van der Waals surface area contributed by atoms with Crippen molar-refractivity contribution in [1.29, 1.82) is 0 Å². The molecule has 0 N–H and O–H groups in total. The van der Waals surface area contributed by atoms with E-state index in [2.05, 4.69) is 9.88 Å². The monoisotopic (exact) mass is 493 g/mol. The molecule has 5 rings (SSSR count). The summed E-state index contributed by atoms with van der Waals surface area (Å²) in [6, 6.07) is 11.9. The number of fused-ring (bicyclic) bond motifs is 3. The van der Waals surface area contributed by atoms with Crippen LogP contribution in [0.1, 0.15) is 11.1 Å². The summed E-state index contributed by atoms with van der Waals surface area (Å²) >= 11 is 5.64. The highest BCUT2D eigenvalue weighted by Gasteiger charge is 2.34. The number of morpholine rings is 1. The van der Waals surface area contributed by atoms with Crippen molar-refractivity contribution >= 4 is 17.4 Å². The highest BCUT2D eigenvalue weighted by molar-refractivity contribution is 6.31. The summed E-state index contributed by atoms with van der Waals surface area (Å²) in [7, 11) is 0. The quantitative estimate of drug-likeness (QED) is 0.521. The molecule has 0 saturated carbocycles. The van der Waals surface area contributed by atoms with Gasteiger partial charge in [-0.15, -0.1) is 0 Å². The molecule has 1 fully saturated rings. The summed E-state index contributed by atoms with van der Waals surface area (Å²) in [4.78, 5) is 18.6. The molecule has 34 heavy (non-hydrogen) atoms. The van der Waals surface area contributed by atoms with Crippen LogP contribution in [0.15, 0.2) is 53.3 Å². The van der Waals surface area contributed by atoms with Gasteiger partial charge in [0.05, 0.1) is 36.4 Å². The van der Waals surface area contributed by atoms with Crippen LogP contribution >= 0.6 is 11.6 Å². The molecule has 3 heterocycles. The van der Waals surface area contributed by atoms with Crippen molar-refractivity contribution in [2.75, 3.05) is 24.7 Å². The van der Waals surface area contributed by atoms with Gasteiger partial charge in [-0.3, -0.25) is 4.57 Å². The zero-order valence-corrected chi connectivity index (χ0v) is 18.5. The van der Waals surface area contributed by atoms with Gasteiger partial charge in [-0.2, -0.15) is 18.2 Å². The first-order valence-electron chi connectivity index (χ1n) is 10.5. The van der Waals surface area contributed by atoms with Gasteiger partial charge < -0.3 is 19.1 Å². The van der Waals surface area contributed by atoms with Crippen molar-refractivity contribution in [3.05, 3.63) is 75.2 Å². The Morgan fingerprint density at radius 3 is 2.65 bits per heavy atom. The number of halogens is 4. The van der Waals surface area contributed by atoms with Crippen LogP contribution in [-0.2, 0) is 24.1 Å². The number of anilines is 1. The minimum absolute atomic E-state index is 0.0185. The van der Waals surface area contributed by atoms with E-state index in [1.807, 2.05) is 0 Å². The van der Waals surface area contributed by atoms with E-state index in [1.165, 1.54) is 6.07 Å². The Balaban J connectivity index is 1.25. The van der Waals surface area contributed by atoms with Crippen LogP contribution in [0.25, 0.3) is 0 Å². The molecule has 0 amide bonds. The van der Waals surface area contributed by atoms with Crippen molar-refractivity contribution in [2.24, 2.45) is 0 Å². The molecule has 0 spiro atoms. The van der Waals surface area contributed by atoms with Crippen LogP contribution in [0.2, 0.25) is 5.02 Å². The number of nitrogens with zero attached hydrogens (tertiary/aromatic N) is 3. The first-order chi connectivity index (χ1) is 16.3. The van der Waals surface area contributed by atoms with Gasteiger partial charge in [0.1, 0.15) is 23.9 Å². The fourth-order valence-corrected chi connectivity index (χ4v) is 4.23. The van der Waals surface area contributed by atoms with Gasteiger partial charge in [0.2, 0.25) is 5.88 Å². The van der Waals surface area contributed by atoms with Gasteiger partial charge in [-0.05, 0) is 35.9 Å². The van der Waals surface area contributed by atoms with E-state index in [1.54, 1.807) is 34.9 Å². The summed E-state index contributed by atoms with van der Waals surface area (Å²) in [5, 5.41) is -0.392. The zero-order valence-electron chi connectivity index (χ0n) is 17.7. The van der Waals surface area contributed by atoms with E-state index >= 15 is 0 Å². The number of hydrogen-bond acceptors (Lipinski definition) is 6. The number of rotatable bonds is 5. The molecule has 11 heteroatoms. The van der Waals surface area contributed by atoms with Gasteiger partial charge in [0.25, 0.3) is 0 Å². The number of alkyl halides is 3. The third-order valence-corrected chi connectivity index (χ3v) is 6.00. The maximum atomic E-state index is 13.0. The summed E-state index contributed by atoms with van der Waals surface area (Å²) in [6.45, 7) is 2.57. The van der Waals surface area contributed by atoms with Crippen LogP contribution in [-0.4, -0.2) is 35.4 Å². The van der Waals surface area contributed by atoms with Crippen molar-refractivity contribution in [3.8, 4) is 17.4 Å². The normalized spacial score (nSPS) is 17.3. The molecule has 1 unspecified atom stereocenters. The minimum atomic E-state index is -4.58. The SMILES string of the molecule is O=c1nc(OCc2ccc(Oc3ccc(Cl)c(C(F)(F)F)c3)cc2)cc2n1CC1COCCN21. The Kier molecular flexibility index (Phi) is 5.86. The van der Waals surface area contributed by atoms with Gasteiger partial charge in [-0.25, -0.2) is 4.79 Å². The molecule has 1 atom stereocenters. The summed E-state index contributed by atoms with van der Waals surface area (Å²) in [5.74, 6) is 1.37. The zero-order chi connectivity index (χ0) is 23.9. The molecule has 0 radical (unpaired) electrons. The van der Waals surface area contributed by atoms with Crippen LogP contribution in [0.3, 0.4) is 0 Å². The molecule has 2 aromatic carbocycles. The van der Waals surface area contributed by atoms with Gasteiger partial charge >= 0.3 is 11.9 Å². The van der Waals surface area contributed by atoms with E-state index in [-0.39, 0.29) is 30.0 Å². The number of ether oxygens (including phenoxy) is 3. The third-order valence-electron chi connectivity index (χ3n) is 5.67. The lowest BCUT2D eigenvalue weighted by molar-refractivity contribution is -0.137. The first kappa shape index (κ1) is 22.5. The predicted molar refractivity (Wildman–Crippen MR) is 118 cm³/mol. The summed E-state index contributed by atoms with van der Waals surface area (Å²) in [6.07, 6.45) is -4.58. The van der Waals surface area contributed by atoms with E-state index in [0.717, 1.165) is 23.5 Å². The second-order valence-electron chi connectivity index (χ2n) is 7.94. The predicted octanol–water partition coefficient (Wildman–Crippen LogP) is 4.51. The Hall–Kier alpha value is -3.24. The Morgan fingerprint density at radius 2 is 1.88 bits per heavy atom. The van der Waals surface area contributed by atoms with E-state index in [9.17, 15) is 18.0 Å². The lowest BCUT2D eigenvalue weighted by Crippen LogP contribution is -2.43. The molecule has 2 aliphatic heterocycles. The molecule has 1 aromatic heterocycles. The van der Waals surface area contributed by atoms with Gasteiger partial charge in [-0.1, -0.05) is 23.7 Å². The highest BCUT2D eigenvalue weighted by Crippen LogP contribution is 2.37. The second kappa shape index (κ2) is 8.84. The number of aromatic nitrogens is 2. The van der Waals surface area contributed by atoms with Crippen LogP contribution in [0, 0.1) is 0 Å². The van der Waals surface area contributed by atoms with Gasteiger partial charge in [0.15, 0.2) is 0 Å². The Morgan fingerprint density at radius 1 is 1.12 bits per heavy atom. The van der Waals surface area contributed by atoms with Crippen molar-refractivity contribution in [3.63, 3.8) is 0 Å². The summed E-state index contributed by atoms with van der Waals surface area (Å²) < 4.78 is 57.5. The average molecular weight is 494 g/mol. The topological polar surface area (TPSA) is 65.8 Å². The van der Waals surface area contributed by atoms with Crippen LogP contribution < -0.4 is 20.1 Å². The Labute approximate surface area is 197 Å². The fraction of sp³-hybridized carbons (Fsp3) is 0.304. The molecule has 178 valence electrons. The highest BCUT2D eigenvalue weighted by atomic mass is 35.5. The fourth-order valence-electron chi connectivity index (χ4n) is 4.01. The van der Waals surface area contributed by atoms with Crippen molar-refractivity contribution < 1.29 is 27.4 Å². The standard InChI is InChI=1S/C23H19ClF3N3O4/c24-19-6-5-17(9-18(19)23(25,26)27)34-16-3-1-14(2-4-16)12-33-20-10-21-29-7-8-32-13-15(29)11-30(21)22(31)28-20/h1-6,9-10,15H,7-8,11-13H2.